The Morgan fingerprint density at radius 2 is 1.92 bits per heavy atom. The lowest BCUT2D eigenvalue weighted by Gasteiger charge is -2.14. The van der Waals surface area contributed by atoms with Gasteiger partial charge in [0.05, 0.1) is 23.3 Å². The third-order valence-electron chi connectivity index (χ3n) is 5.54. The first-order valence-electron chi connectivity index (χ1n) is 11.8. The summed E-state index contributed by atoms with van der Waals surface area (Å²) in [6.45, 7) is 0.426. The van der Waals surface area contributed by atoms with Crippen molar-refractivity contribution in [2.45, 2.75) is 6.61 Å². The van der Waals surface area contributed by atoms with Gasteiger partial charge in [-0.25, -0.2) is 18.7 Å². The Morgan fingerprint density at radius 3 is 2.64 bits per heavy atom. The van der Waals surface area contributed by atoms with Crippen molar-refractivity contribution in [2.75, 3.05) is 38.4 Å². The average Bonchev–Trinajstić information content (AvgIpc) is 2.91. The summed E-state index contributed by atoms with van der Waals surface area (Å²) in [6.07, 6.45) is 2.57. The summed E-state index contributed by atoms with van der Waals surface area (Å²) in [4.78, 5) is 22.7. The normalized spacial score (nSPS) is 11.5. The van der Waals surface area contributed by atoms with Gasteiger partial charge in [0.1, 0.15) is 36.1 Å². The fourth-order valence-corrected chi connectivity index (χ4v) is 3.84. The van der Waals surface area contributed by atoms with Gasteiger partial charge in [0, 0.05) is 23.7 Å². The van der Waals surface area contributed by atoms with Crippen LogP contribution >= 0.6 is 11.6 Å². The van der Waals surface area contributed by atoms with E-state index >= 15 is 0 Å². The number of methoxy groups -OCH3 is 1. The van der Waals surface area contributed by atoms with Crippen molar-refractivity contribution in [3.63, 3.8) is 0 Å². The van der Waals surface area contributed by atoms with Crippen LogP contribution in [0.2, 0.25) is 5.02 Å². The fraction of sp³-hybridized carbons (Fsp3) is 0.179. The van der Waals surface area contributed by atoms with Gasteiger partial charge in [0.2, 0.25) is 0 Å². The molecule has 4 aromatic rings. The number of nitrogens with one attached hydrogen (secondary N) is 2. The highest BCUT2D eigenvalue weighted by Gasteiger charge is 2.16. The predicted octanol–water partition coefficient (Wildman–Crippen LogP) is 6.11. The number of carbonyl (C=O) groups is 1. The van der Waals surface area contributed by atoms with Crippen LogP contribution < -0.4 is 20.1 Å². The van der Waals surface area contributed by atoms with E-state index < -0.39 is 11.7 Å². The molecule has 1 amide bonds. The van der Waals surface area contributed by atoms with E-state index in [0.29, 0.717) is 44.5 Å². The van der Waals surface area contributed by atoms with E-state index in [9.17, 15) is 13.6 Å². The summed E-state index contributed by atoms with van der Waals surface area (Å²) < 4.78 is 38.8. The second-order valence-electron chi connectivity index (χ2n) is 8.75. The Morgan fingerprint density at radius 1 is 1.10 bits per heavy atom. The maximum absolute atomic E-state index is 14.3. The molecule has 0 aliphatic heterocycles. The van der Waals surface area contributed by atoms with Gasteiger partial charge in [-0.05, 0) is 62.1 Å². The molecule has 0 saturated heterocycles. The van der Waals surface area contributed by atoms with Crippen molar-refractivity contribution in [1.82, 2.24) is 14.9 Å². The van der Waals surface area contributed by atoms with Gasteiger partial charge in [-0.2, -0.15) is 0 Å². The van der Waals surface area contributed by atoms with E-state index in [1.165, 1.54) is 31.6 Å². The van der Waals surface area contributed by atoms with Crippen LogP contribution in [0.5, 0.6) is 11.5 Å². The van der Waals surface area contributed by atoms with Crippen molar-refractivity contribution >= 4 is 45.6 Å². The second-order valence-corrected chi connectivity index (χ2v) is 9.16. The Labute approximate surface area is 229 Å². The lowest BCUT2D eigenvalue weighted by atomic mass is 10.1. The van der Waals surface area contributed by atoms with Crippen LogP contribution in [-0.2, 0) is 11.4 Å². The minimum atomic E-state index is -0.914. The van der Waals surface area contributed by atoms with Gasteiger partial charge < -0.3 is 25.0 Å². The number of halogens is 3. The standard InChI is InChI=1S/C28H26ClF2N5O3/c1-36(2)10-9-22(31)28(37)35-24-13-20-23(14-26(24)38-3)32-16-33-27(20)34-19-7-8-25(21(29)12-19)39-15-17-5-4-6-18(30)11-17/h4-9,11-14,16H,10,15H2,1-3H3,(H,35,37)(H,32,33,34). The number of anilines is 3. The molecule has 0 fully saturated rings. The van der Waals surface area contributed by atoms with Crippen LogP contribution in [0.25, 0.3) is 10.9 Å². The fourth-order valence-electron chi connectivity index (χ4n) is 3.61. The molecular weight excluding hydrogens is 528 g/mol. The lowest BCUT2D eigenvalue weighted by molar-refractivity contribution is -0.114. The molecule has 39 heavy (non-hydrogen) atoms. The van der Waals surface area contributed by atoms with E-state index in [2.05, 4.69) is 20.6 Å². The van der Waals surface area contributed by atoms with E-state index in [0.717, 1.165) is 0 Å². The number of nitrogens with zero attached hydrogens (tertiary/aromatic N) is 3. The number of amides is 1. The molecule has 0 radical (unpaired) electrons. The molecule has 202 valence electrons. The molecular formula is C28H26ClF2N5O3. The first-order chi connectivity index (χ1) is 18.7. The molecule has 4 rings (SSSR count). The van der Waals surface area contributed by atoms with E-state index in [1.54, 1.807) is 61.5 Å². The molecule has 0 aliphatic rings. The predicted molar refractivity (Wildman–Crippen MR) is 148 cm³/mol. The first kappa shape index (κ1) is 27.7. The summed E-state index contributed by atoms with van der Waals surface area (Å²) >= 11 is 6.43. The van der Waals surface area contributed by atoms with E-state index in [1.807, 2.05) is 0 Å². The molecule has 1 heterocycles. The minimum Gasteiger partial charge on any atom is -0.494 e. The van der Waals surface area contributed by atoms with E-state index in [-0.39, 0.29) is 24.7 Å². The molecule has 0 saturated carbocycles. The highest BCUT2D eigenvalue weighted by molar-refractivity contribution is 6.32. The largest absolute Gasteiger partial charge is 0.494 e. The van der Waals surface area contributed by atoms with Gasteiger partial charge in [0.25, 0.3) is 5.91 Å². The molecule has 2 N–H and O–H groups in total. The van der Waals surface area contributed by atoms with Gasteiger partial charge in [-0.15, -0.1) is 0 Å². The molecule has 0 bridgehead atoms. The first-order valence-corrected chi connectivity index (χ1v) is 12.2. The van der Waals surface area contributed by atoms with Crippen molar-refractivity contribution in [3.8, 4) is 11.5 Å². The lowest BCUT2D eigenvalue weighted by Crippen LogP contribution is -2.16. The molecule has 8 nitrogen and oxygen atoms in total. The van der Waals surface area contributed by atoms with Crippen molar-refractivity contribution in [3.05, 3.63) is 89.2 Å². The number of likely N-dealkylation sites (N-methyl/N-ethyl adjacent to an activating group) is 1. The summed E-state index contributed by atoms with van der Waals surface area (Å²) in [6, 6.07) is 14.4. The molecule has 0 unspecified atom stereocenters. The van der Waals surface area contributed by atoms with Crippen molar-refractivity contribution < 1.29 is 23.0 Å². The van der Waals surface area contributed by atoms with Crippen LogP contribution in [0.1, 0.15) is 5.56 Å². The average molecular weight is 554 g/mol. The highest BCUT2D eigenvalue weighted by atomic mass is 35.5. The summed E-state index contributed by atoms with van der Waals surface area (Å²) in [5, 5.41) is 6.62. The summed E-state index contributed by atoms with van der Waals surface area (Å²) in [5.41, 5.74) is 2.07. The molecule has 0 aliphatic carbocycles. The molecule has 1 aromatic heterocycles. The third-order valence-corrected chi connectivity index (χ3v) is 5.83. The van der Waals surface area contributed by atoms with Crippen LogP contribution in [0.4, 0.5) is 26.0 Å². The molecule has 0 atom stereocenters. The SMILES string of the molecule is COc1cc2ncnc(Nc3ccc(OCc4cccc(F)c4)c(Cl)c3)c2cc1NC(=O)C(F)=CCN(C)C. The summed E-state index contributed by atoms with van der Waals surface area (Å²) in [5.74, 6) is -0.998. The van der Waals surface area contributed by atoms with Crippen molar-refractivity contribution in [2.24, 2.45) is 0 Å². The Balaban J connectivity index is 1.56. The smallest absolute Gasteiger partial charge is 0.284 e. The van der Waals surface area contributed by atoms with Crippen LogP contribution in [0.3, 0.4) is 0 Å². The maximum atomic E-state index is 14.3. The zero-order valence-electron chi connectivity index (χ0n) is 21.5. The number of fused-ring (bicyclic) bond motifs is 1. The van der Waals surface area contributed by atoms with Crippen molar-refractivity contribution in [1.29, 1.82) is 0 Å². The monoisotopic (exact) mass is 553 g/mol. The van der Waals surface area contributed by atoms with Gasteiger partial charge in [-0.1, -0.05) is 23.7 Å². The van der Waals surface area contributed by atoms with Gasteiger partial charge in [-0.3, -0.25) is 4.79 Å². The second kappa shape index (κ2) is 12.5. The number of carbonyl (C=O) groups excluding carboxylic acids is 1. The van der Waals surface area contributed by atoms with Crippen LogP contribution in [0.15, 0.2) is 72.8 Å². The zero-order chi connectivity index (χ0) is 27.9. The Hall–Kier alpha value is -4.28. The third kappa shape index (κ3) is 7.18. The van der Waals surface area contributed by atoms with E-state index in [4.69, 9.17) is 21.1 Å². The number of aromatic nitrogens is 2. The Kier molecular flexibility index (Phi) is 8.90. The maximum Gasteiger partial charge on any atom is 0.284 e. The topological polar surface area (TPSA) is 88.6 Å². The van der Waals surface area contributed by atoms with Gasteiger partial charge >= 0.3 is 0 Å². The molecule has 11 heteroatoms. The summed E-state index contributed by atoms with van der Waals surface area (Å²) in [7, 11) is 4.97. The number of rotatable bonds is 10. The van der Waals surface area contributed by atoms with Crippen LogP contribution in [-0.4, -0.2) is 48.5 Å². The number of benzene rings is 3. The highest BCUT2D eigenvalue weighted by Crippen LogP contribution is 2.35. The minimum absolute atomic E-state index is 0.155. The van der Waals surface area contributed by atoms with Gasteiger partial charge in [0.15, 0.2) is 5.83 Å². The zero-order valence-corrected chi connectivity index (χ0v) is 22.2. The van der Waals surface area contributed by atoms with Crippen LogP contribution in [0, 0.1) is 5.82 Å². The number of hydrogen-bond donors (Lipinski definition) is 2. The molecule has 0 spiro atoms. The number of hydrogen-bond acceptors (Lipinski definition) is 7. The molecule has 3 aromatic carbocycles. The Bertz CT molecular complexity index is 1530. The quantitative estimate of drug-likeness (QED) is 0.229. The number of ether oxygens (including phenoxy) is 2.